The zero-order chi connectivity index (χ0) is 22.8. The number of benzene rings is 2. The molecule has 0 bridgehead atoms. The zero-order valence-corrected chi connectivity index (χ0v) is 18.4. The van der Waals surface area contributed by atoms with E-state index in [-0.39, 0.29) is 23.0 Å². The number of piperidine rings is 1. The predicted octanol–water partition coefficient (Wildman–Crippen LogP) is 3.28. The Morgan fingerprint density at radius 2 is 1.91 bits per heavy atom. The summed E-state index contributed by atoms with van der Waals surface area (Å²) in [5, 5.41) is 11.1. The summed E-state index contributed by atoms with van der Waals surface area (Å²) < 4.78 is 1.66. The number of nitrogens with one attached hydrogen (secondary N) is 2. The van der Waals surface area contributed by atoms with Gasteiger partial charge >= 0.3 is 6.03 Å². The van der Waals surface area contributed by atoms with Gasteiger partial charge in [-0.15, -0.1) is 5.10 Å². The van der Waals surface area contributed by atoms with Gasteiger partial charge in [-0.05, 0) is 43.0 Å². The van der Waals surface area contributed by atoms with E-state index in [1.807, 2.05) is 61.5 Å². The van der Waals surface area contributed by atoms with Crippen LogP contribution in [0, 0.1) is 6.92 Å². The number of carbonyl (C=O) groups excluding carboxylic acids is 1. The molecule has 2 N–H and O–H groups in total. The van der Waals surface area contributed by atoms with Gasteiger partial charge < -0.3 is 15.2 Å². The Balaban J connectivity index is 1.29. The highest BCUT2D eigenvalue weighted by Crippen LogP contribution is 2.26. The highest BCUT2D eigenvalue weighted by molar-refractivity contribution is 5.89. The topological polar surface area (TPSA) is 109 Å². The molecule has 9 nitrogen and oxygen atoms in total. The van der Waals surface area contributed by atoms with Crippen molar-refractivity contribution in [1.29, 1.82) is 0 Å². The number of hydrogen-bond acceptors (Lipinski definition) is 5. The van der Waals surface area contributed by atoms with Crippen LogP contribution in [-0.4, -0.2) is 49.0 Å². The third-order valence-electron chi connectivity index (χ3n) is 6.01. The Morgan fingerprint density at radius 3 is 2.67 bits per heavy atom. The van der Waals surface area contributed by atoms with Gasteiger partial charge in [0.05, 0.1) is 6.54 Å². The third-order valence-corrected chi connectivity index (χ3v) is 6.01. The summed E-state index contributed by atoms with van der Waals surface area (Å²) in [5.74, 6) is 0.688. The fraction of sp³-hybridized carbons (Fsp3) is 0.292. The van der Waals surface area contributed by atoms with Crippen molar-refractivity contribution in [3.63, 3.8) is 0 Å². The van der Waals surface area contributed by atoms with E-state index >= 15 is 0 Å². The predicted molar refractivity (Wildman–Crippen MR) is 125 cm³/mol. The van der Waals surface area contributed by atoms with E-state index in [0.717, 1.165) is 29.7 Å². The van der Waals surface area contributed by atoms with Crippen LogP contribution in [0.25, 0.3) is 11.2 Å². The Morgan fingerprint density at radius 1 is 1.12 bits per heavy atom. The Kier molecular flexibility index (Phi) is 5.60. The molecular weight excluding hydrogens is 418 g/mol. The molecule has 9 heteroatoms. The van der Waals surface area contributed by atoms with Gasteiger partial charge in [-0.25, -0.2) is 14.5 Å². The molecule has 1 aliphatic rings. The number of H-pyrrole nitrogens is 1. The lowest BCUT2D eigenvalue weighted by molar-refractivity contribution is 0.193. The van der Waals surface area contributed by atoms with Gasteiger partial charge in [0, 0.05) is 24.7 Å². The number of nitrogens with zero attached hydrogens (tertiary/aromatic N) is 5. The molecule has 2 aromatic heterocycles. The van der Waals surface area contributed by atoms with Crippen molar-refractivity contribution >= 4 is 22.9 Å². The lowest BCUT2D eigenvalue weighted by Crippen LogP contribution is -2.41. The molecule has 0 radical (unpaired) electrons. The SMILES string of the molecule is Cc1cccc(NC(=O)N2CCC(c3nc4c(nnn4Cc4ccccc4)c(=O)[nH]3)CC2)c1. The molecule has 1 fully saturated rings. The summed E-state index contributed by atoms with van der Waals surface area (Å²) in [6.07, 6.45) is 1.44. The maximum Gasteiger partial charge on any atom is 0.321 e. The van der Waals surface area contributed by atoms with Crippen molar-refractivity contribution in [3.8, 4) is 0 Å². The van der Waals surface area contributed by atoms with Crippen LogP contribution >= 0.6 is 0 Å². The van der Waals surface area contributed by atoms with E-state index in [1.54, 1.807) is 9.58 Å². The summed E-state index contributed by atoms with van der Waals surface area (Å²) in [5.41, 5.74) is 3.38. The molecule has 0 saturated carbocycles. The molecular formula is C24H25N7O2. The fourth-order valence-electron chi connectivity index (χ4n) is 4.22. The van der Waals surface area contributed by atoms with E-state index in [4.69, 9.17) is 4.98 Å². The summed E-state index contributed by atoms with van der Waals surface area (Å²) in [4.78, 5) is 34.7. The highest BCUT2D eigenvalue weighted by Gasteiger charge is 2.26. The molecule has 0 spiro atoms. The van der Waals surface area contributed by atoms with Gasteiger partial charge in [-0.1, -0.05) is 47.7 Å². The van der Waals surface area contributed by atoms with Crippen LogP contribution in [0.1, 0.15) is 35.7 Å². The molecule has 1 saturated heterocycles. The second-order valence-electron chi connectivity index (χ2n) is 8.42. The molecule has 2 amide bonds. The molecule has 2 aromatic carbocycles. The fourth-order valence-corrected chi connectivity index (χ4v) is 4.22. The van der Waals surface area contributed by atoms with Gasteiger partial charge in [-0.3, -0.25) is 4.79 Å². The third kappa shape index (κ3) is 4.48. The number of hydrogen-bond donors (Lipinski definition) is 2. The number of aromatic amines is 1. The lowest BCUT2D eigenvalue weighted by atomic mass is 9.96. The first-order valence-corrected chi connectivity index (χ1v) is 11.1. The maximum absolute atomic E-state index is 12.7. The average molecular weight is 444 g/mol. The monoisotopic (exact) mass is 443 g/mol. The number of aryl methyl sites for hydroxylation is 1. The molecule has 168 valence electrons. The van der Waals surface area contributed by atoms with Crippen molar-refractivity contribution in [2.45, 2.75) is 32.2 Å². The van der Waals surface area contributed by atoms with Gasteiger partial charge in [0.25, 0.3) is 5.56 Å². The summed E-state index contributed by atoms with van der Waals surface area (Å²) >= 11 is 0. The Bertz CT molecular complexity index is 1340. The van der Waals surface area contributed by atoms with Crippen LogP contribution in [0.3, 0.4) is 0 Å². The van der Waals surface area contributed by atoms with Crippen molar-refractivity contribution < 1.29 is 4.79 Å². The maximum atomic E-state index is 12.7. The molecule has 4 aromatic rings. The first-order chi connectivity index (χ1) is 16.1. The van der Waals surface area contributed by atoms with E-state index in [9.17, 15) is 9.59 Å². The normalized spacial score (nSPS) is 14.5. The molecule has 0 atom stereocenters. The molecule has 0 aliphatic carbocycles. The van der Waals surface area contributed by atoms with Crippen molar-refractivity contribution in [2.75, 3.05) is 18.4 Å². The van der Waals surface area contributed by atoms with Crippen LogP contribution < -0.4 is 10.9 Å². The molecule has 5 rings (SSSR count). The summed E-state index contributed by atoms with van der Waals surface area (Å²) in [6, 6.07) is 17.5. The number of carbonyl (C=O) groups is 1. The number of anilines is 1. The molecule has 0 unspecified atom stereocenters. The van der Waals surface area contributed by atoms with Gasteiger partial charge in [0.1, 0.15) is 5.82 Å². The second-order valence-corrected chi connectivity index (χ2v) is 8.42. The molecule has 1 aliphatic heterocycles. The van der Waals surface area contributed by atoms with E-state index in [2.05, 4.69) is 20.6 Å². The number of urea groups is 1. The van der Waals surface area contributed by atoms with Crippen molar-refractivity contribution in [1.82, 2.24) is 29.9 Å². The Hall–Kier alpha value is -4.01. The number of amides is 2. The summed E-state index contributed by atoms with van der Waals surface area (Å²) in [6.45, 7) is 3.66. The minimum atomic E-state index is -0.283. The molecule has 3 heterocycles. The quantitative estimate of drug-likeness (QED) is 0.503. The van der Waals surface area contributed by atoms with Gasteiger partial charge in [0.2, 0.25) is 0 Å². The lowest BCUT2D eigenvalue weighted by Gasteiger charge is -2.31. The van der Waals surface area contributed by atoms with Crippen LogP contribution in [0.15, 0.2) is 59.4 Å². The number of fused-ring (bicyclic) bond motifs is 1. The van der Waals surface area contributed by atoms with Crippen molar-refractivity contribution in [2.24, 2.45) is 0 Å². The average Bonchev–Trinajstić information content (AvgIpc) is 3.23. The highest BCUT2D eigenvalue weighted by atomic mass is 16.2. The number of rotatable bonds is 4. The first kappa shape index (κ1) is 20.9. The van der Waals surface area contributed by atoms with Gasteiger partial charge in [0.15, 0.2) is 11.2 Å². The zero-order valence-electron chi connectivity index (χ0n) is 18.4. The van der Waals surface area contributed by atoms with Crippen LogP contribution in [0.4, 0.5) is 10.5 Å². The van der Waals surface area contributed by atoms with Crippen LogP contribution in [-0.2, 0) is 6.54 Å². The minimum absolute atomic E-state index is 0.0604. The van der Waals surface area contributed by atoms with Crippen LogP contribution in [0.5, 0.6) is 0 Å². The summed E-state index contributed by atoms with van der Waals surface area (Å²) in [7, 11) is 0. The second kappa shape index (κ2) is 8.85. The van der Waals surface area contributed by atoms with E-state index in [0.29, 0.717) is 31.1 Å². The van der Waals surface area contributed by atoms with E-state index in [1.165, 1.54) is 0 Å². The van der Waals surface area contributed by atoms with E-state index < -0.39 is 0 Å². The van der Waals surface area contributed by atoms with Crippen LogP contribution in [0.2, 0.25) is 0 Å². The first-order valence-electron chi connectivity index (χ1n) is 11.1. The van der Waals surface area contributed by atoms with Crippen molar-refractivity contribution in [3.05, 3.63) is 81.9 Å². The minimum Gasteiger partial charge on any atom is -0.324 e. The van der Waals surface area contributed by atoms with Gasteiger partial charge in [-0.2, -0.15) is 0 Å². The number of likely N-dealkylation sites (tertiary alicyclic amines) is 1. The Labute approximate surface area is 190 Å². The number of aromatic nitrogens is 5. The largest absolute Gasteiger partial charge is 0.324 e. The standard InChI is InChI=1S/C24H25N7O2/c1-16-6-5-9-19(14-16)25-24(33)30-12-10-18(11-13-30)21-26-22-20(23(32)27-21)28-29-31(22)15-17-7-3-2-4-8-17/h2-9,14,18H,10-13,15H2,1H3,(H,25,33)(H,26,27,32). The smallest absolute Gasteiger partial charge is 0.321 e. The molecule has 33 heavy (non-hydrogen) atoms.